The van der Waals surface area contributed by atoms with E-state index in [0.717, 1.165) is 10.0 Å². The Balaban J connectivity index is 1.89. The zero-order valence-electron chi connectivity index (χ0n) is 15.1. The van der Waals surface area contributed by atoms with E-state index in [0.29, 0.717) is 22.4 Å². The van der Waals surface area contributed by atoms with Gasteiger partial charge in [-0.05, 0) is 59.7 Å². The van der Waals surface area contributed by atoms with Crippen LogP contribution >= 0.6 is 15.9 Å². The lowest BCUT2D eigenvalue weighted by Gasteiger charge is -2.11. The lowest BCUT2D eigenvalue weighted by molar-refractivity contribution is 0.0697. The van der Waals surface area contributed by atoms with Crippen LogP contribution in [-0.2, 0) is 6.61 Å². The number of ether oxygens (including phenoxy) is 1. The number of rotatable bonds is 6. The van der Waals surface area contributed by atoms with E-state index in [1.165, 1.54) is 24.3 Å². The van der Waals surface area contributed by atoms with Gasteiger partial charge in [0.05, 0.1) is 17.2 Å². The summed E-state index contributed by atoms with van der Waals surface area (Å²) in [6.45, 7) is 0.248. The number of carboxylic acid groups (broad SMARTS) is 1. The van der Waals surface area contributed by atoms with E-state index in [-0.39, 0.29) is 18.0 Å². The van der Waals surface area contributed by atoms with Gasteiger partial charge in [-0.2, -0.15) is 5.26 Å². The molecule has 0 aliphatic rings. The van der Waals surface area contributed by atoms with Gasteiger partial charge in [0, 0.05) is 10.0 Å². The highest BCUT2D eigenvalue weighted by molar-refractivity contribution is 9.10. The smallest absolute Gasteiger partial charge is 0.335 e. The van der Waals surface area contributed by atoms with Crippen molar-refractivity contribution in [2.24, 2.45) is 0 Å². The number of carboxylic acids is 1. The maximum atomic E-state index is 13.1. The average Bonchev–Trinajstić information content (AvgIpc) is 2.72. The Hall–Kier alpha value is -3.43. The Labute approximate surface area is 175 Å². The first-order valence-corrected chi connectivity index (χ1v) is 9.38. The fourth-order valence-electron chi connectivity index (χ4n) is 2.63. The third-order valence-electron chi connectivity index (χ3n) is 4.14. The largest absolute Gasteiger partial charge is 0.488 e. The molecule has 3 aromatic rings. The zero-order chi connectivity index (χ0) is 20.8. The molecule has 29 heavy (non-hydrogen) atoms. The number of nitrogens with zero attached hydrogens (tertiary/aromatic N) is 1. The van der Waals surface area contributed by atoms with Crippen LogP contribution in [-0.4, -0.2) is 11.1 Å². The van der Waals surface area contributed by atoms with Crippen LogP contribution in [0.5, 0.6) is 5.75 Å². The number of nitriles is 1. The minimum atomic E-state index is -1.03. The average molecular weight is 452 g/mol. The quantitative estimate of drug-likeness (QED) is 0.372. The molecule has 0 fully saturated rings. The summed E-state index contributed by atoms with van der Waals surface area (Å²) in [5.41, 5.74) is 2.61. The number of halogens is 2. The molecule has 1 N–H and O–H groups in total. The molecule has 144 valence electrons. The van der Waals surface area contributed by atoms with Gasteiger partial charge in [-0.3, -0.25) is 0 Å². The van der Waals surface area contributed by atoms with Gasteiger partial charge in [-0.1, -0.05) is 40.2 Å². The van der Waals surface area contributed by atoms with Gasteiger partial charge in [-0.25, -0.2) is 9.18 Å². The third kappa shape index (κ3) is 5.31. The Morgan fingerprint density at radius 1 is 1.07 bits per heavy atom. The van der Waals surface area contributed by atoms with Crippen LogP contribution in [0, 0.1) is 17.1 Å². The van der Waals surface area contributed by atoms with E-state index in [2.05, 4.69) is 22.0 Å². The summed E-state index contributed by atoms with van der Waals surface area (Å²) in [6.07, 6.45) is 1.68. The van der Waals surface area contributed by atoms with Crippen molar-refractivity contribution in [3.63, 3.8) is 0 Å². The molecule has 3 aromatic carbocycles. The van der Waals surface area contributed by atoms with Crippen LogP contribution in [0.15, 0.2) is 71.2 Å². The summed E-state index contributed by atoms with van der Waals surface area (Å²) in [5.74, 6) is -0.775. The summed E-state index contributed by atoms with van der Waals surface area (Å²) in [5, 5.41) is 18.6. The van der Waals surface area contributed by atoms with Crippen molar-refractivity contribution >= 4 is 33.5 Å². The second kappa shape index (κ2) is 9.18. The first-order valence-electron chi connectivity index (χ1n) is 8.58. The predicted octanol–water partition coefficient (Wildman–Crippen LogP) is 5.93. The van der Waals surface area contributed by atoms with E-state index >= 15 is 0 Å². The molecule has 0 saturated heterocycles. The molecule has 0 atom stereocenters. The molecule has 0 amide bonds. The van der Waals surface area contributed by atoms with E-state index < -0.39 is 5.97 Å². The number of allylic oxidation sites excluding steroid dienone is 1. The molecule has 0 unspecified atom stereocenters. The van der Waals surface area contributed by atoms with E-state index in [1.54, 1.807) is 36.4 Å². The van der Waals surface area contributed by atoms with Crippen LogP contribution in [0.25, 0.3) is 11.6 Å². The minimum Gasteiger partial charge on any atom is -0.488 e. The molecule has 0 aliphatic carbocycles. The van der Waals surface area contributed by atoms with Gasteiger partial charge in [0.1, 0.15) is 18.2 Å². The monoisotopic (exact) mass is 451 g/mol. The van der Waals surface area contributed by atoms with Gasteiger partial charge in [0.25, 0.3) is 0 Å². The number of carbonyl (C=O) groups is 1. The summed E-state index contributed by atoms with van der Waals surface area (Å²) in [6, 6.07) is 19.7. The maximum Gasteiger partial charge on any atom is 0.335 e. The Kier molecular flexibility index (Phi) is 6.43. The Bertz CT molecular complexity index is 1100. The number of hydrogen-bond donors (Lipinski definition) is 1. The highest BCUT2D eigenvalue weighted by Crippen LogP contribution is 2.28. The minimum absolute atomic E-state index is 0.150. The molecule has 0 aromatic heterocycles. The summed E-state index contributed by atoms with van der Waals surface area (Å²) in [4.78, 5) is 11.0. The van der Waals surface area contributed by atoms with Crippen molar-refractivity contribution < 1.29 is 19.0 Å². The number of hydrogen-bond acceptors (Lipinski definition) is 3. The van der Waals surface area contributed by atoms with Crippen LogP contribution in [0.2, 0.25) is 0 Å². The third-order valence-corrected chi connectivity index (χ3v) is 4.64. The molecule has 4 nitrogen and oxygen atoms in total. The molecule has 0 radical (unpaired) electrons. The number of aromatic carboxylic acids is 1. The van der Waals surface area contributed by atoms with Crippen LogP contribution in [0.1, 0.15) is 27.0 Å². The molecule has 0 spiro atoms. The van der Waals surface area contributed by atoms with Gasteiger partial charge < -0.3 is 9.84 Å². The second-order valence-corrected chi connectivity index (χ2v) is 7.07. The first-order chi connectivity index (χ1) is 14.0. The zero-order valence-corrected chi connectivity index (χ0v) is 16.7. The topological polar surface area (TPSA) is 70.3 Å². The molecule has 0 heterocycles. The molecule has 3 rings (SSSR count). The van der Waals surface area contributed by atoms with Crippen molar-refractivity contribution in [2.45, 2.75) is 6.61 Å². The van der Waals surface area contributed by atoms with Crippen molar-refractivity contribution in [2.75, 3.05) is 0 Å². The SMILES string of the molecule is N#C/C(=C/c1cc(Br)ccc1OCc1ccc(F)cc1)c1ccc(C(=O)O)cc1. The molecular formula is C23H15BrFNO3. The lowest BCUT2D eigenvalue weighted by atomic mass is 10.0. The summed E-state index contributed by atoms with van der Waals surface area (Å²) >= 11 is 3.42. The number of benzene rings is 3. The van der Waals surface area contributed by atoms with E-state index in [1.807, 2.05) is 12.1 Å². The van der Waals surface area contributed by atoms with Gasteiger partial charge >= 0.3 is 5.97 Å². The van der Waals surface area contributed by atoms with Crippen LogP contribution in [0.4, 0.5) is 4.39 Å². The molecule has 6 heteroatoms. The Morgan fingerprint density at radius 3 is 2.34 bits per heavy atom. The first kappa shape index (κ1) is 20.3. The maximum absolute atomic E-state index is 13.1. The Morgan fingerprint density at radius 2 is 1.72 bits per heavy atom. The van der Waals surface area contributed by atoms with E-state index in [4.69, 9.17) is 9.84 Å². The van der Waals surface area contributed by atoms with Crippen molar-refractivity contribution in [1.82, 2.24) is 0 Å². The predicted molar refractivity (Wildman–Crippen MR) is 112 cm³/mol. The van der Waals surface area contributed by atoms with Gasteiger partial charge in [0.2, 0.25) is 0 Å². The van der Waals surface area contributed by atoms with Gasteiger partial charge in [-0.15, -0.1) is 0 Å². The summed E-state index contributed by atoms with van der Waals surface area (Å²) < 4.78 is 19.7. The highest BCUT2D eigenvalue weighted by Gasteiger charge is 2.09. The van der Waals surface area contributed by atoms with Crippen LogP contribution < -0.4 is 4.74 Å². The standard InChI is InChI=1S/C23H15BrFNO3/c24-20-7-10-22(29-14-15-1-8-21(25)9-2-15)18(12-20)11-19(13-26)16-3-5-17(6-4-16)23(27)28/h1-12H,14H2,(H,27,28)/b19-11-. The lowest BCUT2D eigenvalue weighted by Crippen LogP contribution is -1.98. The van der Waals surface area contributed by atoms with Gasteiger partial charge in [0.15, 0.2) is 0 Å². The van der Waals surface area contributed by atoms with Crippen LogP contribution in [0.3, 0.4) is 0 Å². The second-order valence-electron chi connectivity index (χ2n) is 6.15. The molecular weight excluding hydrogens is 437 g/mol. The van der Waals surface area contributed by atoms with Crippen molar-refractivity contribution in [3.8, 4) is 11.8 Å². The van der Waals surface area contributed by atoms with Crippen molar-refractivity contribution in [3.05, 3.63) is 99.3 Å². The molecule has 0 aliphatic heterocycles. The fourth-order valence-corrected chi connectivity index (χ4v) is 3.01. The fraction of sp³-hybridized carbons (Fsp3) is 0.0435. The highest BCUT2D eigenvalue weighted by atomic mass is 79.9. The molecule has 0 saturated carbocycles. The normalized spacial score (nSPS) is 11.0. The van der Waals surface area contributed by atoms with Crippen molar-refractivity contribution in [1.29, 1.82) is 5.26 Å². The summed E-state index contributed by atoms with van der Waals surface area (Å²) in [7, 11) is 0. The van der Waals surface area contributed by atoms with E-state index in [9.17, 15) is 14.4 Å². The molecule has 0 bridgehead atoms.